The van der Waals surface area contributed by atoms with Crippen molar-refractivity contribution in [2.24, 2.45) is 0 Å². The zero-order valence-corrected chi connectivity index (χ0v) is 16.9. The van der Waals surface area contributed by atoms with Crippen LogP contribution >= 0.6 is 0 Å². The second-order valence-corrected chi connectivity index (χ2v) is 7.89. The lowest BCUT2D eigenvalue weighted by Gasteiger charge is -2.32. The maximum Gasteiger partial charge on any atom is 0.240 e. The number of nitrogens with one attached hydrogen (secondary N) is 1. The second kappa shape index (κ2) is 9.38. The van der Waals surface area contributed by atoms with E-state index in [9.17, 15) is 4.79 Å². The lowest BCUT2D eigenvalue weighted by Crippen LogP contribution is -2.39. The van der Waals surface area contributed by atoms with Gasteiger partial charge in [-0.1, -0.05) is 25.1 Å². The van der Waals surface area contributed by atoms with E-state index in [0.717, 1.165) is 44.6 Å². The summed E-state index contributed by atoms with van der Waals surface area (Å²) in [5, 5.41) is 4.23. The summed E-state index contributed by atoms with van der Waals surface area (Å²) < 4.78 is 8.06. The summed E-state index contributed by atoms with van der Waals surface area (Å²) in [6.07, 6.45) is 5.92. The largest absolute Gasteiger partial charge is 0.377 e. The smallest absolute Gasteiger partial charge is 0.240 e. The van der Waals surface area contributed by atoms with E-state index in [1.165, 1.54) is 17.4 Å². The highest BCUT2D eigenvalue weighted by molar-refractivity contribution is 5.86. The average Bonchev–Trinajstić information content (AvgIpc) is 2.97. The van der Waals surface area contributed by atoms with E-state index in [4.69, 9.17) is 4.74 Å². The normalized spacial score (nSPS) is 18.3. The van der Waals surface area contributed by atoms with Gasteiger partial charge in [0.2, 0.25) is 5.91 Å². The molecule has 1 aromatic carbocycles. The van der Waals surface area contributed by atoms with Crippen LogP contribution in [0.3, 0.4) is 0 Å². The predicted molar refractivity (Wildman–Crippen MR) is 110 cm³/mol. The first-order valence-corrected chi connectivity index (χ1v) is 10.3. The number of ether oxygens (including phenoxy) is 1. The monoisotopic (exact) mass is 371 g/mol. The van der Waals surface area contributed by atoms with Crippen LogP contribution in [0.4, 0.5) is 0 Å². The van der Waals surface area contributed by atoms with Gasteiger partial charge in [-0.2, -0.15) is 0 Å². The van der Waals surface area contributed by atoms with Crippen molar-refractivity contribution >= 4 is 16.8 Å². The van der Waals surface area contributed by atoms with Crippen molar-refractivity contribution < 1.29 is 9.53 Å². The van der Waals surface area contributed by atoms with Crippen molar-refractivity contribution in [3.8, 4) is 0 Å². The van der Waals surface area contributed by atoms with Crippen LogP contribution in [0.15, 0.2) is 30.5 Å². The maximum absolute atomic E-state index is 12.3. The van der Waals surface area contributed by atoms with Crippen LogP contribution in [0.5, 0.6) is 0 Å². The topological polar surface area (TPSA) is 46.5 Å². The molecule has 148 valence electrons. The third-order valence-corrected chi connectivity index (χ3v) is 5.05. The first-order valence-electron chi connectivity index (χ1n) is 10.3. The van der Waals surface area contributed by atoms with Gasteiger partial charge in [0, 0.05) is 42.8 Å². The Morgan fingerprint density at radius 2 is 2.15 bits per heavy atom. The van der Waals surface area contributed by atoms with Crippen molar-refractivity contribution in [1.82, 2.24) is 14.8 Å². The van der Waals surface area contributed by atoms with E-state index < -0.39 is 0 Å². The summed E-state index contributed by atoms with van der Waals surface area (Å²) in [5.41, 5.74) is 2.42. The van der Waals surface area contributed by atoms with Gasteiger partial charge in [0.15, 0.2) is 0 Å². The Labute approximate surface area is 162 Å². The minimum Gasteiger partial charge on any atom is -0.377 e. The fourth-order valence-electron chi connectivity index (χ4n) is 3.92. The molecule has 1 aliphatic rings. The van der Waals surface area contributed by atoms with Crippen molar-refractivity contribution in [3.05, 3.63) is 36.0 Å². The molecule has 2 heterocycles. The van der Waals surface area contributed by atoms with Gasteiger partial charge in [-0.25, -0.2) is 0 Å². The fourth-order valence-corrected chi connectivity index (χ4v) is 3.92. The number of amides is 1. The molecule has 1 saturated heterocycles. The number of carbonyl (C=O) groups excluding carboxylic acids is 1. The van der Waals surface area contributed by atoms with Gasteiger partial charge in [0.05, 0.1) is 6.10 Å². The number of aromatic nitrogens is 1. The molecule has 1 amide bonds. The molecule has 3 rings (SSSR count). The minimum atomic E-state index is 0.0586. The summed E-state index contributed by atoms with van der Waals surface area (Å²) in [4.78, 5) is 14.7. The van der Waals surface area contributed by atoms with Crippen molar-refractivity contribution in [2.45, 2.75) is 65.3 Å². The molecule has 1 aliphatic heterocycles. The average molecular weight is 372 g/mol. The molecule has 2 aromatic rings. The Balaban J connectivity index is 1.73. The van der Waals surface area contributed by atoms with Gasteiger partial charge < -0.3 is 14.6 Å². The van der Waals surface area contributed by atoms with Crippen LogP contribution in [-0.2, 0) is 22.6 Å². The van der Waals surface area contributed by atoms with Crippen molar-refractivity contribution in [2.75, 3.05) is 19.7 Å². The second-order valence-electron chi connectivity index (χ2n) is 7.89. The molecule has 0 aliphatic carbocycles. The molecular weight excluding hydrogens is 338 g/mol. The maximum atomic E-state index is 12.3. The van der Waals surface area contributed by atoms with Crippen molar-refractivity contribution in [1.29, 1.82) is 0 Å². The van der Waals surface area contributed by atoms with E-state index in [1.807, 2.05) is 19.9 Å². The number of rotatable bonds is 8. The Kier molecular flexibility index (Phi) is 6.91. The lowest BCUT2D eigenvalue weighted by molar-refractivity contribution is -0.122. The number of piperidine rings is 1. The van der Waals surface area contributed by atoms with E-state index in [1.54, 1.807) is 0 Å². The van der Waals surface area contributed by atoms with Gasteiger partial charge in [-0.3, -0.25) is 9.69 Å². The number of hydrogen-bond acceptors (Lipinski definition) is 3. The number of fused-ring (bicyclic) bond motifs is 1. The van der Waals surface area contributed by atoms with Crippen LogP contribution in [-0.4, -0.2) is 47.2 Å². The fraction of sp³-hybridized carbons (Fsp3) is 0.591. The van der Waals surface area contributed by atoms with E-state index in [2.05, 4.69) is 46.1 Å². The number of nitrogens with zero attached hydrogens (tertiary/aromatic N) is 2. The highest BCUT2D eigenvalue weighted by Crippen LogP contribution is 2.24. The third kappa shape index (κ3) is 5.33. The van der Waals surface area contributed by atoms with Crippen LogP contribution < -0.4 is 5.32 Å². The summed E-state index contributed by atoms with van der Waals surface area (Å²) in [6.45, 7) is 10.4. The molecule has 1 unspecified atom stereocenters. The first-order chi connectivity index (χ1) is 13.1. The standard InChI is InChI=1S/C22H33N3O2/c1-4-12-27-19-8-7-11-24(15-19)13-18-14-25(16-22(26)23-17(2)3)21-10-6-5-9-20(18)21/h5-6,9-10,14,17,19H,4,7-8,11-13,15-16H2,1-3H3,(H,23,26). The van der Waals surface area contributed by atoms with Gasteiger partial charge in [0.25, 0.3) is 0 Å². The number of hydrogen-bond donors (Lipinski definition) is 1. The van der Waals surface area contributed by atoms with Crippen molar-refractivity contribution in [3.63, 3.8) is 0 Å². The number of benzene rings is 1. The highest BCUT2D eigenvalue weighted by Gasteiger charge is 2.21. The van der Waals surface area contributed by atoms with Gasteiger partial charge in [-0.05, 0) is 51.3 Å². The first kappa shape index (κ1) is 19.9. The number of carbonyl (C=O) groups is 1. The van der Waals surface area contributed by atoms with Gasteiger partial charge >= 0.3 is 0 Å². The van der Waals surface area contributed by atoms with E-state index in [-0.39, 0.29) is 11.9 Å². The Bertz CT molecular complexity index is 753. The SMILES string of the molecule is CCCOC1CCCN(Cc2cn(CC(=O)NC(C)C)c3ccccc23)C1. The molecule has 27 heavy (non-hydrogen) atoms. The molecule has 1 N–H and O–H groups in total. The summed E-state index contributed by atoms with van der Waals surface area (Å²) >= 11 is 0. The van der Waals surface area contributed by atoms with Crippen LogP contribution in [0.25, 0.3) is 10.9 Å². The minimum absolute atomic E-state index is 0.0586. The molecule has 1 atom stereocenters. The number of para-hydroxylation sites is 1. The quantitative estimate of drug-likeness (QED) is 0.772. The molecule has 5 heteroatoms. The molecule has 0 bridgehead atoms. The molecule has 1 aromatic heterocycles. The Morgan fingerprint density at radius 1 is 1.33 bits per heavy atom. The highest BCUT2D eigenvalue weighted by atomic mass is 16.5. The van der Waals surface area contributed by atoms with Crippen LogP contribution in [0.2, 0.25) is 0 Å². The lowest BCUT2D eigenvalue weighted by atomic mass is 10.1. The molecule has 1 fully saturated rings. The molecule has 5 nitrogen and oxygen atoms in total. The zero-order chi connectivity index (χ0) is 19.2. The summed E-state index contributed by atoms with van der Waals surface area (Å²) in [5.74, 6) is 0.0586. The van der Waals surface area contributed by atoms with Gasteiger partial charge in [-0.15, -0.1) is 0 Å². The Morgan fingerprint density at radius 3 is 2.93 bits per heavy atom. The molecule has 0 radical (unpaired) electrons. The van der Waals surface area contributed by atoms with Gasteiger partial charge in [0.1, 0.15) is 6.54 Å². The van der Waals surface area contributed by atoms with E-state index in [0.29, 0.717) is 12.6 Å². The molecular formula is C22H33N3O2. The van der Waals surface area contributed by atoms with Crippen LogP contribution in [0.1, 0.15) is 45.6 Å². The summed E-state index contributed by atoms with van der Waals surface area (Å²) in [7, 11) is 0. The third-order valence-electron chi connectivity index (χ3n) is 5.05. The molecule has 0 saturated carbocycles. The predicted octanol–water partition coefficient (Wildman–Crippen LogP) is 3.56. The van der Waals surface area contributed by atoms with Crippen LogP contribution in [0, 0.1) is 0 Å². The summed E-state index contributed by atoms with van der Waals surface area (Å²) in [6, 6.07) is 8.54. The van der Waals surface area contributed by atoms with E-state index >= 15 is 0 Å². The molecule has 0 spiro atoms. The zero-order valence-electron chi connectivity index (χ0n) is 16.9. The number of likely N-dealkylation sites (tertiary alicyclic amines) is 1. The Hall–Kier alpha value is -1.85.